The summed E-state index contributed by atoms with van der Waals surface area (Å²) < 4.78 is 1.17. The minimum Gasteiger partial charge on any atom is -0.372 e. The van der Waals surface area contributed by atoms with Crippen molar-refractivity contribution in [2.24, 2.45) is 0 Å². The van der Waals surface area contributed by atoms with Crippen molar-refractivity contribution >= 4 is 28.4 Å². The van der Waals surface area contributed by atoms with Gasteiger partial charge in [0.1, 0.15) is 5.82 Å². The minimum atomic E-state index is 0.629. The van der Waals surface area contributed by atoms with Gasteiger partial charge in [0.2, 0.25) is 0 Å². The normalized spacial score (nSPS) is 14.3. The third-order valence-electron chi connectivity index (χ3n) is 3.72. The maximum absolute atomic E-state index is 4.86. The van der Waals surface area contributed by atoms with Crippen LogP contribution in [0.1, 0.15) is 36.9 Å². The highest BCUT2D eigenvalue weighted by molar-refractivity contribution is 14.1. The summed E-state index contributed by atoms with van der Waals surface area (Å²) in [5, 5.41) is 3.21. The predicted molar refractivity (Wildman–Crippen MR) is 91.1 cm³/mol. The Morgan fingerprint density at radius 3 is 2.65 bits per heavy atom. The van der Waals surface area contributed by atoms with E-state index in [1.807, 2.05) is 7.05 Å². The van der Waals surface area contributed by atoms with Crippen LogP contribution in [0.5, 0.6) is 0 Å². The minimum absolute atomic E-state index is 0.629. The van der Waals surface area contributed by atoms with Crippen LogP contribution in [0.15, 0.2) is 24.3 Å². The van der Waals surface area contributed by atoms with E-state index in [2.05, 4.69) is 59.1 Å². The highest BCUT2D eigenvalue weighted by Crippen LogP contribution is 2.43. The second-order valence-corrected chi connectivity index (χ2v) is 6.21. The number of nitrogens with one attached hydrogen (secondary N) is 1. The van der Waals surface area contributed by atoms with Gasteiger partial charge in [-0.05, 0) is 47.4 Å². The molecule has 104 valence electrons. The Morgan fingerprint density at radius 1 is 1.25 bits per heavy atom. The molecular formula is C16H18IN3. The zero-order chi connectivity index (χ0) is 14.1. The van der Waals surface area contributed by atoms with Gasteiger partial charge >= 0.3 is 0 Å². The highest BCUT2D eigenvalue weighted by Gasteiger charge is 2.29. The Labute approximate surface area is 133 Å². The summed E-state index contributed by atoms with van der Waals surface area (Å²) in [6, 6.07) is 8.42. The zero-order valence-corrected chi connectivity index (χ0v) is 13.9. The number of hydrogen-bond donors (Lipinski definition) is 1. The Hall–Kier alpha value is -1.17. The summed E-state index contributed by atoms with van der Waals surface area (Å²) in [5.74, 6) is 2.43. The van der Waals surface area contributed by atoms with Gasteiger partial charge < -0.3 is 5.32 Å². The number of hydrogen-bond acceptors (Lipinski definition) is 3. The fourth-order valence-electron chi connectivity index (χ4n) is 2.42. The van der Waals surface area contributed by atoms with Crippen molar-refractivity contribution in [1.82, 2.24) is 9.97 Å². The Bertz CT molecular complexity index is 636. The third kappa shape index (κ3) is 2.53. The molecule has 1 saturated carbocycles. The first-order chi connectivity index (χ1) is 9.74. The molecule has 0 aliphatic heterocycles. The fraction of sp³-hybridized carbons (Fsp3) is 0.375. The summed E-state index contributed by atoms with van der Waals surface area (Å²) in [6.45, 7) is 2.17. The third-order valence-corrected chi connectivity index (χ3v) is 4.78. The molecule has 0 bridgehead atoms. The van der Waals surface area contributed by atoms with Crippen molar-refractivity contribution in [3.63, 3.8) is 0 Å². The zero-order valence-electron chi connectivity index (χ0n) is 11.8. The molecule has 3 rings (SSSR count). The van der Waals surface area contributed by atoms with E-state index in [1.54, 1.807) is 0 Å². The lowest BCUT2D eigenvalue weighted by atomic mass is 10.0. The molecular weight excluding hydrogens is 361 g/mol. The molecule has 2 aromatic rings. The highest BCUT2D eigenvalue weighted by atomic mass is 127. The van der Waals surface area contributed by atoms with Crippen LogP contribution in [-0.2, 0) is 6.42 Å². The van der Waals surface area contributed by atoms with E-state index in [-0.39, 0.29) is 0 Å². The summed E-state index contributed by atoms with van der Waals surface area (Å²) in [7, 11) is 1.93. The molecule has 0 atom stereocenters. The maximum Gasteiger partial charge on any atom is 0.162 e. The quantitative estimate of drug-likeness (QED) is 0.808. The largest absolute Gasteiger partial charge is 0.372 e. The topological polar surface area (TPSA) is 37.8 Å². The van der Waals surface area contributed by atoms with E-state index < -0.39 is 0 Å². The van der Waals surface area contributed by atoms with Crippen molar-refractivity contribution in [3.8, 4) is 11.4 Å². The lowest BCUT2D eigenvalue weighted by Crippen LogP contribution is -2.05. The molecule has 1 N–H and O–H groups in total. The lowest BCUT2D eigenvalue weighted by Gasteiger charge is -2.12. The first kappa shape index (κ1) is 13.8. The molecule has 0 saturated heterocycles. The van der Waals surface area contributed by atoms with Crippen LogP contribution in [0.25, 0.3) is 11.4 Å². The second-order valence-electron chi connectivity index (χ2n) is 5.13. The van der Waals surface area contributed by atoms with Crippen molar-refractivity contribution < 1.29 is 0 Å². The van der Waals surface area contributed by atoms with Gasteiger partial charge in [0.15, 0.2) is 5.82 Å². The molecule has 1 heterocycles. The SMILES string of the molecule is CCc1ccccc1-c1nc(NC)c(I)c(C2CC2)n1. The van der Waals surface area contributed by atoms with E-state index >= 15 is 0 Å². The Kier molecular flexibility index (Phi) is 3.92. The predicted octanol–water partition coefficient (Wildman–Crippen LogP) is 4.23. The van der Waals surface area contributed by atoms with Crippen LogP contribution < -0.4 is 5.32 Å². The van der Waals surface area contributed by atoms with E-state index in [9.17, 15) is 0 Å². The molecule has 1 fully saturated rings. The molecule has 4 heteroatoms. The molecule has 20 heavy (non-hydrogen) atoms. The van der Waals surface area contributed by atoms with Gasteiger partial charge in [-0.3, -0.25) is 0 Å². The summed E-state index contributed by atoms with van der Waals surface area (Å²) in [6.07, 6.45) is 3.51. The summed E-state index contributed by atoms with van der Waals surface area (Å²) in [4.78, 5) is 9.57. The van der Waals surface area contributed by atoms with Gasteiger partial charge in [0.25, 0.3) is 0 Å². The number of halogens is 1. The van der Waals surface area contributed by atoms with Gasteiger partial charge in [-0.2, -0.15) is 0 Å². The maximum atomic E-state index is 4.86. The monoisotopic (exact) mass is 379 g/mol. The van der Waals surface area contributed by atoms with Crippen molar-refractivity contribution in [2.45, 2.75) is 32.1 Å². The lowest BCUT2D eigenvalue weighted by molar-refractivity contribution is 0.974. The molecule has 0 radical (unpaired) electrons. The molecule has 3 nitrogen and oxygen atoms in total. The van der Waals surface area contributed by atoms with Crippen molar-refractivity contribution in [1.29, 1.82) is 0 Å². The smallest absolute Gasteiger partial charge is 0.162 e. The molecule has 1 aliphatic rings. The van der Waals surface area contributed by atoms with Gasteiger partial charge in [0.05, 0.1) is 9.26 Å². The fourth-order valence-corrected chi connectivity index (χ4v) is 3.38. The van der Waals surface area contributed by atoms with Crippen LogP contribution in [-0.4, -0.2) is 17.0 Å². The van der Waals surface area contributed by atoms with Crippen LogP contribution in [0.4, 0.5) is 5.82 Å². The first-order valence-electron chi connectivity index (χ1n) is 7.08. The molecule has 1 aliphatic carbocycles. The van der Waals surface area contributed by atoms with Crippen LogP contribution in [0, 0.1) is 3.57 Å². The first-order valence-corrected chi connectivity index (χ1v) is 8.16. The number of benzene rings is 1. The summed E-state index contributed by atoms with van der Waals surface area (Å²) in [5.41, 5.74) is 3.67. The van der Waals surface area contributed by atoms with Crippen LogP contribution in [0.2, 0.25) is 0 Å². The number of aromatic nitrogens is 2. The average molecular weight is 379 g/mol. The van der Waals surface area contributed by atoms with Crippen LogP contribution >= 0.6 is 22.6 Å². The standard InChI is InChI=1S/C16H18IN3/c1-3-10-6-4-5-7-12(10)15-19-14(11-8-9-11)13(17)16(18-2)20-15/h4-7,11H,3,8-9H2,1-2H3,(H,18,19,20). The molecule has 0 spiro atoms. The van der Waals surface area contributed by atoms with Crippen molar-refractivity contribution in [2.75, 3.05) is 12.4 Å². The van der Waals surface area contributed by atoms with Crippen LogP contribution in [0.3, 0.4) is 0 Å². The molecule has 0 amide bonds. The van der Waals surface area contributed by atoms with Gasteiger partial charge in [-0.1, -0.05) is 31.2 Å². The number of anilines is 1. The van der Waals surface area contributed by atoms with Gasteiger partial charge in [-0.25, -0.2) is 9.97 Å². The number of aryl methyl sites for hydroxylation is 1. The van der Waals surface area contributed by atoms with E-state index in [1.165, 1.54) is 27.7 Å². The molecule has 1 aromatic carbocycles. The molecule has 1 aromatic heterocycles. The Balaban J connectivity index is 2.15. The number of nitrogens with zero attached hydrogens (tertiary/aromatic N) is 2. The Morgan fingerprint density at radius 2 is 2.00 bits per heavy atom. The van der Waals surface area contributed by atoms with E-state index in [4.69, 9.17) is 9.97 Å². The molecule has 0 unspecified atom stereocenters. The van der Waals surface area contributed by atoms with Crippen molar-refractivity contribution in [3.05, 3.63) is 39.1 Å². The van der Waals surface area contributed by atoms with Gasteiger partial charge in [0, 0.05) is 18.5 Å². The number of rotatable bonds is 4. The van der Waals surface area contributed by atoms with E-state index in [0.717, 1.165) is 23.6 Å². The van der Waals surface area contributed by atoms with Gasteiger partial charge in [-0.15, -0.1) is 0 Å². The van der Waals surface area contributed by atoms with E-state index in [0.29, 0.717) is 5.92 Å². The summed E-state index contributed by atoms with van der Waals surface area (Å²) >= 11 is 2.36. The average Bonchev–Trinajstić information content (AvgIpc) is 3.32. The second kappa shape index (κ2) is 5.68.